The molecule has 22 heavy (non-hydrogen) atoms. The summed E-state index contributed by atoms with van der Waals surface area (Å²) in [4.78, 5) is 12.3. The highest BCUT2D eigenvalue weighted by Gasteiger charge is 2.12. The van der Waals surface area contributed by atoms with Crippen LogP contribution in [0.2, 0.25) is 0 Å². The molecule has 2 aromatic carbocycles. The molecule has 0 fully saturated rings. The molecular formula is C17H12FN3O. The third-order valence-electron chi connectivity index (χ3n) is 3.48. The largest absolute Gasteiger partial charge is 0.275 e. The van der Waals surface area contributed by atoms with Crippen molar-refractivity contribution in [2.45, 2.75) is 13.0 Å². The zero-order valence-corrected chi connectivity index (χ0v) is 11.7. The van der Waals surface area contributed by atoms with Crippen LogP contribution in [-0.4, -0.2) is 9.78 Å². The van der Waals surface area contributed by atoms with Gasteiger partial charge in [0.05, 0.1) is 17.1 Å². The molecule has 3 aromatic rings. The normalized spacial score (nSPS) is 10.5. The van der Waals surface area contributed by atoms with E-state index in [0.717, 1.165) is 4.68 Å². The van der Waals surface area contributed by atoms with Gasteiger partial charge in [-0.25, -0.2) is 9.07 Å². The van der Waals surface area contributed by atoms with Gasteiger partial charge in [-0.15, -0.1) is 0 Å². The molecule has 0 amide bonds. The van der Waals surface area contributed by atoms with E-state index >= 15 is 0 Å². The summed E-state index contributed by atoms with van der Waals surface area (Å²) in [6, 6.07) is 15.4. The van der Waals surface area contributed by atoms with Crippen LogP contribution in [0.25, 0.3) is 10.8 Å². The van der Waals surface area contributed by atoms with Gasteiger partial charge in [0.2, 0.25) is 0 Å². The smallest absolute Gasteiger partial charge is 0.267 e. The van der Waals surface area contributed by atoms with E-state index < -0.39 is 0 Å². The third-order valence-corrected chi connectivity index (χ3v) is 3.48. The Kier molecular flexibility index (Phi) is 3.67. The fraction of sp³-hybridized carbons (Fsp3) is 0.118. The number of hydrogen-bond acceptors (Lipinski definition) is 3. The van der Waals surface area contributed by atoms with Crippen molar-refractivity contribution in [2.24, 2.45) is 0 Å². The van der Waals surface area contributed by atoms with Crippen LogP contribution < -0.4 is 5.56 Å². The number of fused-ring (bicyclic) bond motifs is 1. The first kappa shape index (κ1) is 14.0. The minimum Gasteiger partial charge on any atom is -0.267 e. The SMILES string of the molecule is N#CCn1nc(Cc2ccccc2F)c2ccccc2c1=O. The first-order valence-corrected chi connectivity index (χ1v) is 6.80. The molecule has 0 saturated heterocycles. The second-order valence-electron chi connectivity index (χ2n) is 4.88. The maximum absolute atomic E-state index is 13.9. The standard InChI is InChI=1S/C17H12FN3O/c18-15-8-4-1-5-12(15)11-16-13-6-2-3-7-14(13)17(22)21(20-16)10-9-19/h1-8H,10-11H2. The Morgan fingerprint density at radius 1 is 1.09 bits per heavy atom. The van der Waals surface area contributed by atoms with Crippen LogP contribution in [0, 0.1) is 17.1 Å². The first-order chi connectivity index (χ1) is 10.7. The van der Waals surface area contributed by atoms with Gasteiger partial charge in [0.15, 0.2) is 0 Å². The summed E-state index contributed by atoms with van der Waals surface area (Å²) in [6.07, 6.45) is 0.263. The maximum atomic E-state index is 13.9. The maximum Gasteiger partial charge on any atom is 0.275 e. The van der Waals surface area contributed by atoms with Gasteiger partial charge in [-0.05, 0) is 17.7 Å². The number of nitrogens with zero attached hydrogens (tertiary/aromatic N) is 3. The molecular weight excluding hydrogens is 281 g/mol. The summed E-state index contributed by atoms with van der Waals surface area (Å²) >= 11 is 0. The van der Waals surface area contributed by atoms with Crippen LogP contribution in [0.4, 0.5) is 4.39 Å². The Morgan fingerprint density at radius 2 is 1.77 bits per heavy atom. The predicted octanol–water partition coefficient (Wildman–Crippen LogP) is 2.65. The van der Waals surface area contributed by atoms with E-state index in [1.54, 1.807) is 36.4 Å². The number of nitriles is 1. The number of halogens is 1. The lowest BCUT2D eigenvalue weighted by atomic mass is 10.0. The van der Waals surface area contributed by atoms with Crippen molar-refractivity contribution in [1.82, 2.24) is 9.78 Å². The lowest BCUT2D eigenvalue weighted by Gasteiger charge is -2.09. The Morgan fingerprint density at radius 3 is 2.50 bits per heavy atom. The quantitative estimate of drug-likeness (QED) is 0.746. The third kappa shape index (κ3) is 2.47. The Balaban J connectivity index is 2.21. The van der Waals surface area contributed by atoms with Gasteiger partial charge in [0.25, 0.3) is 5.56 Å². The van der Waals surface area contributed by atoms with Gasteiger partial charge >= 0.3 is 0 Å². The molecule has 0 spiro atoms. The number of hydrogen-bond donors (Lipinski definition) is 0. The molecule has 4 nitrogen and oxygen atoms in total. The first-order valence-electron chi connectivity index (χ1n) is 6.80. The molecule has 5 heteroatoms. The average Bonchev–Trinajstić information content (AvgIpc) is 2.54. The fourth-order valence-electron chi connectivity index (χ4n) is 2.43. The van der Waals surface area contributed by atoms with Gasteiger partial charge in [-0.3, -0.25) is 4.79 Å². The Hall–Kier alpha value is -3.00. The van der Waals surface area contributed by atoms with Gasteiger partial charge in [0, 0.05) is 11.8 Å². The summed E-state index contributed by atoms with van der Waals surface area (Å²) in [5.41, 5.74) is 0.771. The van der Waals surface area contributed by atoms with E-state index in [1.807, 2.05) is 12.1 Å². The molecule has 0 radical (unpaired) electrons. The highest BCUT2D eigenvalue weighted by atomic mass is 19.1. The molecule has 0 atom stereocenters. The van der Waals surface area contributed by atoms with Crippen LogP contribution in [0.15, 0.2) is 53.3 Å². The van der Waals surface area contributed by atoms with E-state index in [-0.39, 0.29) is 24.3 Å². The van der Waals surface area contributed by atoms with Crippen LogP contribution >= 0.6 is 0 Å². The van der Waals surface area contributed by atoms with Crippen molar-refractivity contribution in [3.63, 3.8) is 0 Å². The van der Waals surface area contributed by atoms with E-state index in [4.69, 9.17) is 5.26 Å². The lowest BCUT2D eigenvalue weighted by molar-refractivity contribution is 0.608. The summed E-state index contributed by atoms with van der Waals surface area (Å²) in [6.45, 7) is -0.131. The van der Waals surface area contributed by atoms with Crippen LogP contribution in [0.3, 0.4) is 0 Å². The molecule has 108 valence electrons. The monoisotopic (exact) mass is 293 g/mol. The second kappa shape index (κ2) is 5.78. The molecule has 0 aliphatic heterocycles. The van der Waals surface area contributed by atoms with Crippen molar-refractivity contribution in [1.29, 1.82) is 5.26 Å². The van der Waals surface area contributed by atoms with E-state index in [2.05, 4.69) is 5.10 Å². The minimum absolute atomic E-state index is 0.131. The number of benzene rings is 2. The van der Waals surface area contributed by atoms with Gasteiger partial charge in [0.1, 0.15) is 12.4 Å². The highest BCUT2D eigenvalue weighted by Crippen LogP contribution is 2.18. The summed E-state index contributed by atoms with van der Waals surface area (Å²) in [5, 5.41) is 14.2. The molecule has 3 rings (SSSR count). The molecule has 1 heterocycles. The molecule has 0 unspecified atom stereocenters. The van der Waals surface area contributed by atoms with Crippen LogP contribution in [0.5, 0.6) is 0 Å². The van der Waals surface area contributed by atoms with Gasteiger partial charge in [-0.2, -0.15) is 10.4 Å². The predicted molar refractivity (Wildman–Crippen MR) is 80.8 cm³/mol. The van der Waals surface area contributed by atoms with E-state index in [9.17, 15) is 9.18 Å². The average molecular weight is 293 g/mol. The van der Waals surface area contributed by atoms with Gasteiger partial charge in [-0.1, -0.05) is 36.4 Å². The molecule has 0 aliphatic rings. The van der Waals surface area contributed by atoms with E-state index in [1.165, 1.54) is 6.07 Å². The highest BCUT2D eigenvalue weighted by molar-refractivity contribution is 5.83. The molecule has 0 saturated carbocycles. The lowest BCUT2D eigenvalue weighted by Crippen LogP contribution is -2.24. The van der Waals surface area contributed by atoms with E-state index in [0.29, 0.717) is 22.0 Å². The van der Waals surface area contributed by atoms with Crippen LogP contribution in [0.1, 0.15) is 11.3 Å². The molecule has 0 aliphatic carbocycles. The molecule has 0 N–H and O–H groups in total. The summed E-state index contributed by atoms with van der Waals surface area (Å²) in [7, 11) is 0. The zero-order chi connectivity index (χ0) is 15.5. The van der Waals surface area contributed by atoms with Crippen molar-refractivity contribution < 1.29 is 4.39 Å². The Labute approximate surface area is 126 Å². The summed E-state index contributed by atoms with van der Waals surface area (Å²) in [5.74, 6) is -0.314. The van der Waals surface area contributed by atoms with Crippen molar-refractivity contribution in [3.8, 4) is 6.07 Å². The minimum atomic E-state index is -0.314. The van der Waals surface area contributed by atoms with Crippen molar-refractivity contribution >= 4 is 10.8 Å². The number of rotatable bonds is 3. The van der Waals surface area contributed by atoms with Crippen molar-refractivity contribution in [3.05, 3.63) is 76.0 Å². The second-order valence-corrected chi connectivity index (χ2v) is 4.88. The fourth-order valence-corrected chi connectivity index (χ4v) is 2.43. The zero-order valence-electron chi connectivity index (χ0n) is 11.7. The van der Waals surface area contributed by atoms with Gasteiger partial charge < -0.3 is 0 Å². The Bertz CT molecular complexity index is 941. The molecule has 0 bridgehead atoms. The van der Waals surface area contributed by atoms with Crippen LogP contribution in [-0.2, 0) is 13.0 Å². The van der Waals surface area contributed by atoms with Crippen molar-refractivity contribution in [2.75, 3.05) is 0 Å². The molecule has 1 aromatic heterocycles. The summed E-state index contributed by atoms with van der Waals surface area (Å²) < 4.78 is 15.0. The number of aromatic nitrogens is 2. The topological polar surface area (TPSA) is 58.7 Å².